The largest absolute Gasteiger partial charge is 0.359 e. The van der Waals surface area contributed by atoms with Crippen molar-refractivity contribution < 1.29 is 13.9 Å². The van der Waals surface area contributed by atoms with Gasteiger partial charge in [0.1, 0.15) is 17.7 Å². The van der Waals surface area contributed by atoms with Gasteiger partial charge in [-0.3, -0.25) is 4.79 Å². The van der Waals surface area contributed by atoms with Crippen molar-refractivity contribution >= 4 is 6.29 Å². The van der Waals surface area contributed by atoms with E-state index in [-0.39, 0.29) is 11.9 Å². The minimum atomic E-state index is -0.664. The fraction of sp³-hybridized carbons (Fsp3) is 0.350. The molecule has 2 atom stereocenters. The number of benzene rings is 2. The SMILES string of the molecule is CCC(N(C)C)C1(c2ccc(F)cc2)OCc2cc(C=O)ccc21. The molecular weight excluding hydrogens is 305 g/mol. The van der Waals surface area contributed by atoms with E-state index in [0.717, 1.165) is 29.4 Å². The van der Waals surface area contributed by atoms with Crippen LogP contribution in [0.25, 0.3) is 0 Å². The van der Waals surface area contributed by atoms with Gasteiger partial charge in [0.05, 0.1) is 6.61 Å². The molecule has 1 heterocycles. The Morgan fingerprint density at radius 3 is 2.54 bits per heavy atom. The van der Waals surface area contributed by atoms with E-state index < -0.39 is 5.60 Å². The second-order valence-electron chi connectivity index (χ2n) is 6.45. The van der Waals surface area contributed by atoms with Gasteiger partial charge in [-0.2, -0.15) is 0 Å². The maximum Gasteiger partial charge on any atom is 0.150 e. The Kier molecular flexibility index (Phi) is 4.52. The summed E-state index contributed by atoms with van der Waals surface area (Å²) in [5.74, 6) is -0.263. The van der Waals surface area contributed by atoms with Crippen LogP contribution in [0.5, 0.6) is 0 Å². The fourth-order valence-electron chi connectivity index (χ4n) is 3.86. The minimum Gasteiger partial charge on any atom is -0.359 e. The Labute approximate surface area is 142 Å². The number of aldehydes is 1. The topological polar surface area (TPSA) is 29.5 Å². The van der Waals surface area contributed by atoms with E-state index in [0.29, 0.717) is 12.2 Å². The summed E-state index contributed by atoms with van der Waals surface area (Å²) >= 11 is 0. The Balaban J connectivity index is 2.22. The normalized spacial score (nSPS) is 20.9. The highest BCUT2D eigenvalue weighted by atomic mass is 19.1. The number of carbonyl (C=O) groups excluding carboxylic acids is 1. The molecule has 0 aromatic heterocycles. The van der Waals surface area contributed by atoms with Crippen molar-refractivity contribution in [1.29, 1.82) is 0 Å². The van der Waals surface area contributed by atoms with Gasteiger partial charge in [0.15, 0.2) is 0 Å². The average Bonchev–Trinajstić information content (AvgIpc) is 2.95. The Hall–Kier alpha value is -2.04. The Morgan fingerprint density at radius 2 is 1.96 bits per heavy atom. The zero-order chi connectivity index (χ0) is 17.3. The summed E-state index contributed by atoms with van der Waals surface area (Å²) in [5, 5.41) is 0. The van der Waals surface area contributed by atoms with Gasteiger partial charge in [0.25, 0.3) is 0 Å². The Bertz CT molecular complexity index is 742. The maximum atomic E-state index is 13.4. The van der Waals surface area contributed by atoms with E-state index in [1.54, 1.807) is 12.1 Å². The van der Waals surface area contributed by atoms with Crippen LogP contribution < -0.4 is 0 Å². The van der Waals surface area contributed by atoms with Crippen LogP contribution in [0.2, 0.25) is 0 Å². The van der Waals surface area contributed by atoms with Crippen LogP contribution in [0.4, 0.5) is 4.39 Å². The number of likely N-dealkylation sites (N-methyl/N-ethyl adjacent to an activating group) is 1. The van der Waals surface area contributed by atoms with Crippen LogP contribution >= 0.6 is 0 Å². The number of ether oxygens (including phenoxy) is 1. The summed E-state index contributed by atoms with van der Waals surface area (Å²) < 4.78 is 19.8. The molecule has 2 unspecified atom stereocenters. The fourth-order valence-corrected chi connectivity index (χ4v) is 3.86. The number of nitrogens with zero attached hydrogens (tertiary/aromatic N) is 1. The molecule has 0 saturated carbocycles. The van der Waals surface area contributed by atoms with E-state index in [1.165, 1.54) is 12.1 Å². The number of fused-ring (bicyclic) bond motifs is 1. The zero-order valence-corrected chi connectivity index (χ0v) is 14.3. The first-order valence-corrected chi connectivity index (χ1v) is 8.18. The van der Waals surface area contributed by atoms with Crippen LogP contribution in [0.3, 0.4) is 0 Å². The molecule has 126 valence electrons. The number of carbonyl (C=O) groups is 1. The quantitative estimate of drug-likeness (QED) is 0.783. The number of hydrogen-bond acceptors (Lipinski definition) is 3. The van der Waals surface area contributed by atoms with Crippen molar-refractivity contribution in [3.63, 3.8) is 0 Å². The summed E-state index contributed by atoms with van der Waals surface area (Å²) in [6.07, 6.45) is 1.72. The molecule has 3 nitrogen and oxygen atoms in total. The number of halogens is 1. The molecule has 0 saturated heterocycles. The molecule has 0 amide bonds. The first-order chi connectivity index (χ1) is 11.5. The molecular formula is C20H22FNO2. The van der Waals surface area contributed by atoms with E-state index in [9.17, 15) is 9.18 Å². The zero-order valence-electron chi connectivity index (χ0n) is 14.3. The van der Waals surface area contributed by atoms with Gasteiger partial charge in [-0.25, -0.2) is 4.39 Å². The van der Waals surface area contributed by atoms with Crippen LogP contribution in [-0.2, 0) is 16.9 Å². The van der Waals surface area contributed by atoms with Gasteiger partial charge in [-0.1, -0.05) is 31.2 Å². The van der Waals surface area contributed by atoms with Crippen molar-refractivity contribution in [1.82, 2.24) is 4.90 Å². The van der Waals surface area contributed by atoms with Crippen LogP contribution in [-0.4, -0.2) is 31.3 Å². The monoisotopic (exact) mass is 327 g/mol. The number of rotatable bonds is 5. The molecule has 0 radical (unpaired) electrons. The Morgan fingerprint density at radius 1 is 1.25 bits per heavy atom. The minimum absolute atomic E-state index is 0.0892. The molecule has 2 aromatic carbocycles. The highest BCUT2D eigenvalue weighted by Crippen LogP contribution is 2.46. The summed E-state index contributed by atoms with van der Waals surface area (Å²) in [6.45, 7) is 2.57. The molecule has 0 bridgehead atoms. The first kappa shape index (κ1) is 16.8. The van der Waals surface area contributed by atoms with Crippen molar-refractivity contribution in [3.05, 3.63) is 70.5 Å². The first-order valence-electron chi connectivity index (χ1n) is 8.18. The third-order valence-electron chi connectivity index (χ3n) is 4.87. The second kappa shape index (κ2) is 6.46. The summed E-state index contributed by atoms with van der Waals surface area (Å²) in [7, 11) is 4.06. The third kappa shape index (κ3) is 2.56. The lowest BCUT2D eigenvalue weighted by atomic mass is 9.78. The lowest BCUT2D eigenvalue weighted by molar-refractivity contribution is -0.0611. The molecule has 1 aliphatic heterocycles. The molecule has 0 aliphatic carbocycles. The van der Waals surface area contributed by atoms with Gasteiger partial charge < -0.3 is 9.64 Å². The van der Waals surface area contributed by atoms with Gasteiger partial charge in [-0.15, -0.1) is 0 Å². The van der Waals surface area contributed by atoms with E-state index in [4.69, 9.17) is 4.74 Å². The van der Waals surface area contributed by atoms with Gasteiger partial charge in [-0.05, 0) is 55.4 Å². The maximum absolute atomic E-state index is 13.4. The second-order valence-corrected chi connectivity index (χ2v) is 6.45. The standard InChI is InChI=1S/C20H22FNO2/c1-4-19(22(2)3)20(16-6-8-17(21)9-7-16)18-10-5-14(12-23)11-15(18)13-24-20/h5-12,19H,4,13H2,1-3H3. The predicted octanol–water partition coefficient (Wildman–Crippen LogP) is 3.75. The van der Waals surface area contributed by atoms with Crippen LogP contribution in [0.1, 0.15) is 40.4 Å². The molecule has 1 aliphatic rings. The highest BCUT2D eigenvalue weighted by molar-refractivity contribution is 5.75. The third-order valence-corrected chi connectivity index (χ3v) is 4.87. The van der Waals surface area contributed by atoms with Gasteiger partial charge in [0, 0.05) is 11.6 Å². The molecule has 24 heavy (non-hydrogen) atoms. The molecule has 0 fully saturated rings. The summed E-state index contributed by atoms with van der Waals surface area (Å²) in [4.78, 5) is 13.2. The van der Waals surface area contributed by atoms with Crippen molar-refractivity contribution in [2.24, 2.45) is 0 Å². The smallest absolute Gasteiger partial charge is 0.150 e. The molecule has 3 rings (SSSR count). The lowest BCUT2D eigenvalue weighted by Gasteiger charge is -2.41. The summed E-state index contributed by atoms with van der Waals surface area (Å²) in [6, 6.07) is 12.3. The lowest BCUT2D eigenvalue weighted by Crippen LogP contribution is -2.48. The number of hydrogen-bond donors (Lipinski definition) is 0. The van der Waals surface area contributed by atoms with Crippen LogP contribution in [0.15, 0.2) is 42.5 Å². The molecule has 4 heteroatoms. The average molecular weight is 327 g/mol. The van der Waals surface area contributed by atoms with Gasteiger partial charge in [0.2, 0.25) is 0 Å². The van der Waals surface area contributed by atoms with Crippen molar-refractivity contribution in [2.45, 2.75) is 31.6 Å². The van der Waals surface area contributed by atoms with Crippen molar-refractivity contribution in [2.75, 3.05) is 14.1 Å². The van der Waals surface area contributed by atoms with E-state index >= 15 is 0 Å². The van der Waals surface area contributed by atoms with Crippen LogP contribution in [0, 0.1) is 5.82 Å². The van der Waals surface area contributed by atoms with E-state index in [1.807, 2.05) is 32.3 Å². The summed E-state index contributed by atoms with van der Waals surface area (Å²) in [5.41, 5.74) is 2.99. The van der Waals surface area contributed by atoms with Crippen molar-refractivity contribution in [3.8, 4) is 0 Å². The molecule has 0 spiro atoms. The molecule has 2 aromatic rings. The molecule has 0 N–H and O–H groups in total. The highest BCUT2D eigenvalue weighted by Gasteiger charge is 2.48. The van der Waals surface area contributed by atoms with E-state index in [2.05, 4.69) is 11.8 Å². The predicted molar refractivity (Wildman–Crippen MR) is 91.6 cm³/mol. The van der Waals surface area contributed by atoms with Gasteiger partial charge >= 0.3 is 0 Å².